The zero-order valence-electron chi connectivity index (χ0n) is 17.6. The predicted octanol–water partition coefficient (Wildman–Crippen LogP) is 6.18. The number of anilines is 4. The number of nitrogens with zero attached hydrogens (tertiary/aromatic N) is 2. The summed E-state index contributed by atoms with van der Waals surface area (Å²) < 4.78 is 2.05. The fraction of sp³-hybridized carbons (Fsp3) is 0.0370. The van der Waals surface area contributed by atoms with Crippen LogP contribution >= 0.6 is 0 Å². The molecule has 5 rings (SSSR count). The standard InChI is InChI=1S/C27H22N4O/c1-19-12-14-21(15-13-19)29-26-16-24-23(18-28-26)25(32)17-27(30-20-8-4-2-5-9-20)31(24)22-10-6-3-7-11-22/h2-18,30H,1H3,(H,28,29). The van der Waals surface area contributed by atoms with Gasteiger partial charge in [-0.25, -0.2) is 4.98 Å². The molecule has 3 aromatic carbocycles. The molecule has 0 spiro atoms. The molecule has 0 fully saturated rings. The van der Waals surface area contributed by atoms with Gasteiger partial charge in [-0.2, -0.15) is 0 Å². The van der Waals surface area contributed by atoms with Gasteiger partial charge in [0.15, 0.2) is 5.43 Å². The molecule has 2 N–H and O–H groups in total. The molecule has 5 nitrogen and oxygen atoms in total. The minimum atomic E-state index is -0.0833. The number of benzene rings is 3. The fourth-order valence-corrected chi connectivity index (χ4v) is 3.69. The third-order valence-electron chi connectivity index (χ3n) is 5.28. The van der Waals surface area contributed by atoms with Crippen molar-refractivity contribution >= 4 is 33.9 Å². The van der Waals surface area contributed by atoms with Gasteiger partial charge in [0, 0.05) is 35.4 Å². The molecular formula is C27H22N4O. The van der Waals surface area contributed by atoms with E-state index in [0.29, 0.717) is 17.0 Å². The number of aryl methyl sites for hydroxylation is 1. The largest absolute Gasteiger partial charge is 0.341 e. The zero-order chi connectivity index (χ0) is 21.9. The molecule has 156 valence electrons. The van der Waals surface area contributed by atoms with Gasteiger partial charge in [0.25, 0.3) is 0 Å². The van der Waals surface area contributed by atoms with Crippen molar-refractivity contribution in [2.45, 2.75) is 6.92 Å². The molecule has 0 aliphatic rings. The lowest BCUT2D eigenvalue weighted by atomic mass is 10.2. The van der Waals surface area contributed by atoms with Gasteiger partial charge in [-0.1, -0.05) is 54.1 Å². The Morgan fingerprint density at radius 2 is 1.41 bits per heavy atom. The first-order chi connectivity index (χ1) is 15.7. The Morgan fingerprint density at radius 1 is 0.750 bits per heavy atom. The summed E-state index contributed by atoms with van der Waals surface area (Å²) >= 11 is 0. The topological polar surface area (TPSA) is 59.0 Å². The molecule has 0 unspecified atom stereocenters. The van der Waals surface area contributed by atoms with Gasteiger partial charge in [0.1, 0.15) is 11.6 Å². The molecule has 0 radical (unpaired) electrons. The predicted molar refractivity (Wildman–Crippen MR) is 132 cm³/mol. The molecule has 0 saturated carbocycles. The van der Waals surface area contributed by atoms with E-state index >= 15 is 0 Å². The Bertz CT molecular complexity index is 1430. The lowest BCUT2D eigenvalue weighted by Gasteiger charge is -2.19. The molecule has 0 aliphatic heterocycles. The van der Waals surface area contributed by atoms with E-state index < -0.39 is 0 Å². The fourth-order valence-electron chi connectivity index (χ4n) is 3.69. The average molecular weight is 419 g/mol. The Hall–Kier alpha value is -4.38. The summed E-state index contributed by atoms with van der Waals surface area (Å²) in [4.78, 5) is 17.5. The molecule has 0 amide bonds. The third kappa shape index (κ3) is 3.96. The highest BCUT2D eigenvalue weighted by molar-refractivity contribution is 5.86. The summed E-state index contributed by atoms with van der Waals surface area (Å²) in [6.45, 7) is 2.05. The maximum atomic E-state index is 13.0. The first kappa shape index (κ1) is 19.6. The number of hydrogen-bond donors (Lipinski definition) is 2. The maximum Gasteiger partial charge on any atom is 0.193 e. The number of aromatic nitrogens is 2. The molecule has 0 aliphatic carbocycles. The molecule has 0 saturated heterocycles. The minimum Gasteiger partial charge on any atom is -0.341 e. The van der Waals surface area contributed by atoms with Crippen molar-refractivity contribution in [1.82, 2.24) is 9.55 Å². The van der Waals surface area contributed by atoms with Gasteiger partial charge >= 0.3 is 0 Å². The van der Waals surface area contributed by atoms with E-state index in [-0.39, 0.29) is 5.43 Å². The van der Waals surface area contributed by atoms with E-state index in [0.717, 1.165) is 22.6 Å². The van der Waals surface area contributed by atoms with Crippen molar-refractivity contribution in [2.24, 2.45) is 0 Å². The van der Waals surface area contributed by atoms with Crippen LogP contribution in [0, 0.1) is 6.92 Å². The van der Waals surface area contributed by atoms with E-state index in [1.54, 1.807) is 12.3 Å². The van der Waals surface area contributed by atoms with Crippen molar-refractivity contribution < 1.29 is 0 Å². The van der Waals surface area contributed by atoms with Gasteiger partial charge in [-0.05, 0) is 43.3 Å². The van der Waals surface area contributed by atoms with Crippen LogP contribution in [-0.2, 0) is 0 Å². The highest BCUT2D eigenvalue weighted by Gasteiger charge is 2.13. The number of hydrogen-bond acceptors (Lipinski definition) is 4. The lowest BCUT2D eigenvalue weighted by molar-refractivity contribution is 1.10. The normalized spacial score (nSPS) is 10.8. The van der Waals surface area contributed by atoms with Gasteiger partial charge in [-0.3, -0.25) is 9.36 Å². The van der Waals surface area contributed by atoms with Crippen LogP contribution in [0.1, 0.15) is 5.56 Å². The molecule has 2 heterocycles. The highest BCUT2D eigenvalue weighted by atomic mass is 16.1. The Labute approximate surface area is 186 Å². The molecule has 0 bridgehead atoms. The quantitative estimate of drug-likeness (QED) is 0.358. The van der Waals surface area contributed by atoms with E-state index in [1.807, 2.05) is 95.6 Å². The first-order valence-corrected chi connectivity index (χ1v) is 10.4. The van der Waals surface area contributed by atoms with Gasteiger partial charge in [-0.15, -0.1) is 0 Å². The monoisotopic (exact) mass is 418 g/mol. The zero-order valence-corrected chi connectivity index (χ0v) is 17.6. The van der Waals surface area contributed by atoms with E-state index in [9.17, 15) is 4.79 Å². The molecular weight excluding hydrogens is 396 g/mol. The van der Waals surface area contributed by atoms with Gasteiger partial charge in [0.05, 0.1) is 10.9 Å². The van der Waals surface area contributed by atoms with Gasteiger partial charge < -0.3 is 10.6 Å². The second kappa shape index (κ2) is 8.40. The molecule has 5 heteroatoms. The number of rotatable bonds is 5. The van der Waals surface area contributed by atoms with Crippen LogP contribution in [0.2, 0.25) is 0 Å². The second-order valence-electron chi connectivity index (χ2n) is 7.63. The summed E-state index contributed by atoms with van der Waals surface area (Å²) in [6.07, 6.45) is 1.64. The molecule has 2 aromatic heterocycles. The SMILES string of the molecule is Cc1ccc(Nc2cc3c(cn2)c(=O)cc(Nc2ccccc2)n3-c2ccccc2)cc1. The van der Waals surface area contributed by atoms with Crippen molar-refractivity contribution in [3.05, 3.63) is 119 Å². The summed E-state index contributed by atoms with van der Waals surface area (Å²) in [5, 5.41) is 7.30. The first-order valence-electron chi connectivity index (χ1n) is 10.4. The van der Waals surface area contributed by atoms with E-state index in [4.69, 9.17) is 0 Å². The summed E-state index contributed by atoms with van der Waals surface area (Å²) in [5.74, 6) is 1.36. The van der Waals surface area contributed by atoms with Gasteiger partial charge in [0.2, 0.25) is 0 Å². The molecule has 32 heavy (non-hydrogen) atoms. The van der Waals surface area contributed by atoms with Crippen molar-refractivity contribution in [3.63, 3.8) is 0 Å². The van der Waals surface area contributed by atoms with Crippen LogP contribution in [0.3, 0.4) is 0 Å². The van der Waals surface area contributed by atoms with Crippen LogP contribution in [0.15, 0.2) is 108 Å². The average Bonchev–Trinajstić information content (AvgIpc) is 2.82. The van der Waals surface area contributed by atoms with Crippen LogP contribution in [0.25, 0.3) is 16.6 Å². The van der Waals surface area contributed by atoms with Crippen LogP contribution in [-0.4, -0.2) is 9.55 Å². The number of pyridine rings is 2. The Kier molecular flexibility index (Phi) is 5.14. The summed E-state index contributed by atoms with van der Waals surface area (Å²) in [6, 6.07) is 31.5. The van der Waals surface area contributed by atoms with Crippen LogP contribution in [0.5, 0.6) is 0 Å². The van der Waals surface area contributed by atoms with Crippen molar-refractivity contribution in [3.8, 4) is 5.69 Å². The van der Waals surface area contributed by atoms with Crippen LogP contribution in [0.4, 0.5) is 23.0 Å². The smallest absolute Gasteiger partial charge is 0.193 e. The van der Waals surface area contributed by atoms with E-state index in [1.165, 1.54) is 5.56 Å². The van der Waals surface area contributed by atoms with E-state index in [2.05, 4.69) is 22.5 Å². The summed E-state index contributed by atoms with van der Waals surface area (Å²) in [5.41, 5.74) is 4.67. The highest BCUT2D eigenvalue weighted by Crippen LogP contribution is 2.27. The van der Waals surface area contributed by atoms with Crippen molar-refractivity contribution in [2.75, 3.05) is 10.6 Å². The maximum absolute atomic E-state index is 13.0. The molecule has 0 atom stereocenters. The number of para-hydroxylation sites is 2. The Balaban J connectivity index is 1.69. The molecule has 5 aromatic rings. The number of fused-ring (bicyclic) bond motifs is 1. The second-order valence-corrected chi connectivity index (χ2v) is 7.63. The van der Waals surface area contributed by atoms with Crippen LogP contribution < -0.4 is 16.1 Å². The Morgan fingerprint density at radius 3 is 2.12 bits per heavy atom. The lowest BCUT2D eigenvalue weighted by Crippen LogP contribution is -2.13. The number of nitrogens with one attached hydrogen (secondary N) is 2. The van der Waals surface area contributed by atoms with Crippen molar-refractivity contribution in [1.29, 1.82) is 0 Å². The summed E-state index contributed by atoms with van der Waals surface area (Å²) in [7, 11) is 0. The minimum absolute atomic E-state index is 0.0833. The third-order valence-corrected chi connectivity index (χ3v) is 5.28.